The Morgan fingerprint density at radius 3 is 3.00 bits per heavy atom. The van der Waals surface area contributed by atoms with Crippen molar-refractivity contribution in [3.8, 4) is 0 Å². The van der Waals surface area contributed by atoms with Crippen molar-refractivity contribution in [3.63, 3.8) is 0 Å². The van der Waals surface area contributed by atoms with E-state index in [2.05, 4.69) is 41.2 Å². The molecule has 2 heterocycles. The van der Waals surface area contributed by atoms with Gasteiger partial charge in [-0.05, 0) is 30.2 Å². The highest BCUT2D eigenvalue weighted by atomic mass is 14.8. The van der Waals surface area contributed by atoms with Gasteiger partial charge in [0, 0.05) is 36.3 Å². The maximum absolute atomic E-state index is 4.43. The Labute approximate surface area is 101 Å². The SMILES string of the molecule is CC1=C(Cc2ccc3cccnc3c2)N=CC1. The van der Waals surface area contributed by atoms with Gasteiger partial charge in [0.1, 0.15) is 0 Å². The van der Waals surface area contributed by atoms with Gasteiger partial charge in [-0.3, -0.25) is 9.98 Å². The second kappa shape index (κ2) is 4.13. The molecule has 0 amide bonds. The highest BCUT2D eigenvalue weighted by Crippen LogP contribution is 2.21. The lowest BCUT2D eigenvalue weighted by Gasteiger charge is -2.04. The van der Waals surface area contributed by atoms with Gasteiger partial charge in [-0.1, -0.05) is 18.2 Å². The summed E-state index contributed by atoms with van der Waals surface area (Å²) >= 11 is 0. The molecule has 84 valence electrons. The molecule has 1 aromatic heterocycles. The Hall–Kier alpha value is -1.96. The van der Waals surface area contributed by atoms with Crippen molar-refractivity contribution in [2.24, 2.45) is 4.99 Å². The zero-order valence-corrected chi connectivity index (χ0v) is 9.85. The summed E-state index contributed by atoms with van der Waals surface area (Å²) in [6.07, 6.45) is 5.74. The molecule has 0 N–H and O–H groups in total. The molecule has 0 spiro atoms. The fraction of sp³-hybridized carbons (Fsp3) is 0.200. The van der Waals surface area contributed by atoms with Gasteiger partial charge in [-0.25, -0.2) is 0 Å². The number of aliphatic imine (C=N–C) groups is 1. The molecule has 0 fully saturated rings. The van der Waals surface area contributed by atoms with Gasteiger partial charge in [0.2, 0.25) is 0 Å². The van der Waals surface area contributed by atoms with Crippen LogP contribution in [0.4, 0.5) is 0 Å². The number of hydrogen-bond acceptors (Lipinski definition) is 2. The molecule has 0 radical (unpaired) electrons. The zero-order chi connectivity index (χ0) is 11.7. The third kappa shape index (κ3) is 1.98. The van der Waals surface area contributed by atoms with Crippen molar-refractivity contribution in [3.05, 3.63) is 53.4 Å². The predicted molar refractivity (Wildman–Crippen MR) is 71.3 cm³/mol. The van der Waals surface area contributed by atoms with E-state index in [-0.39, 0.29) is 0 Å². The molecule has 0 bridgehead atoms. The molecule has 17 heavy (non-hydrogen) atoms. The number of pyridine rings is 1. The minimum Gasteiger partial charge on any atom is -0.265 e. The summed E-state index contributed by atoms with van der Waals surface area (Å²) in [4.78, 5) is 8.81. The largest absolute Gasteiger partial charge is 0.265 e. The van der Waals surface area contributed by atoms with Gasteiger partial charge >= 0.3 is 0 Å². The van der Waals surface area contributed by atoms with Gasteiger partial charge in [0.15, 0.2) is 0 Å². The molecule has 1 aliphatic rings. The van der Waals surface area contributed by atoms with Crippen molar-refractivity contribution in [1.29, 1.82) is 0 Å². The average molecular weight is 222 g/mol. The number of nitrogens with zero attached hydrogens (tertiary/aromatic N) is 2. The van der Waals surface area contributed by atoms with E-state index in [0.29, 0.717) is 0 Å². The quantitative estimate of drug-likeness (QED) is 0.763. The summed E-state index contributed by atoms with van der Waals surface area (Å²) in [5.74, 6) is 0. The van der Waals surface area contributed by atoms with Crippen LogP contribution in [0.15, 0.2) is 52.8 Å². The standard InChI is InChI=1S/C15H14N2/c1-11-6-8-17-14(11)9-12-4-5-13-3-2-7-16-15(13)10-12/h2-5,7-8,10H,6,9H2,1H3. The molecule has 3 rings (SSSR count). The average Bonchev–Trinajstić information content (AvgIpc) is 2.75. The first-order chi connectivity index (χ1) is 8.33. The van der Waals surface area contributed by atoms with E-state index in [1.165, 1.54) is 22.2 Å². The second-order valence-corrected chi connectivity index (χ2v) is 4.45. The molecule has 2 nitrogen and oxygen atoms in total. The maximum Gasteiger partial charge on any atom is 0.0704 e. The summed E-state index contributed by atoms with van der Waals surface area (Å²) in [5.41, 5.74) is 4.93. The van der Waals surface area contributed by atoms with Crippen molar-refractivity contribution in [1.82, 2.24) is 4.98 Å². The molecule has 0 atom stereocenters. The number of benzene rings is 1. The minimum atomic E-state index is 0.912. The van der Waals surface area contributed by atoms with Crippen molar-refractivity contribution < 1.29 is 0 Å². The van der Waals surface area contributed by atoms with Crippen LogP contribution in [0.25, 0.3) is 10.9 Å². The zero-order valence-electron chi connectivity index (χ0n) is 9.85. The Bertz CT molecular complexity index is 624. The minimum absolute atomic E-state index is 0.912. The smallest absolute Gasteiger partial charge is 0.0704 e. The summed E-state index contributed by atoms with van der Waals surface area (Å²) in [6.45, 7) is 2.15. The number of allylic oxidation sites excluding steroid dienone is 2. The molecular formula is C15H14N2. The van der Waals surface area contributed by atoms with Crippen LogP contribution < -0.4 is 0 Å². The molecule has 0 unspecified atom stereocenters. The van der Waals surface area contributed by atoms with Crippen molar-refractivity contribution >= 4 is 17.1 Å². The van der Waals surface area contributed by atoms with E-state index >= 15 is 0 Å². The van der Waals surface area contributed by atoms with Crippen LogP contribution in [-0.4, -0.2) is 11.2 Å². The summed E-state index contributed by atoms with van der Waals surface area (Å²) < 4.78 is 0. The second-order valence-electron chi connectivity index (χ2n) is 4.45. The fourth-order valence-electron chi connectivity index (χ4n) is 2.13. The van der Waals surface area contributed by atoms with E-state index in [0.717, 1.165) is 18.4 Å². The van der Waals surface area contributed by atoms with E-state index in [4.69, 9.17) is 0 Å². The Morgan fingerprint density at radius 1 is 1.24 bits per heavy atom. The van der Waals surface area contributed by atoms with E-state index in [1.54, 1.807) is 0 Å². The van der Waals surface area contributed by atoms with E-state index in [1.807, 2.05) is 18.5 Å². The summed E-state index contributed by atoms with van der Waals surface area (Å²) in [5, 5.41) is 1.19. The molecule has 0 saturated heterocycles. The normalized spacial score (nSPS) is 14.9. The van der Waals surface area contributed by atoms with Gasteiger partial charge in [0.25, 0.3) is 0 Å². The number of fused-ring (bicyclic) bond motifs is 1. The first kappa shape index (κ1) is 10.2. The lowest BCUT2D eigenvalue weighted by Crippen LogP contribution is -1.89. The third-order valence-electron chi connectivity index (χ3n) is 3.18. The van der Waals surface area contributed by atoms with E-state index in [9.17, 15) is 0 Å². The Morgan fingerprint density at radius 2 is 2.18 bits per heavy atom. The summed E-state index contributed by atoms with van der Waals surface area (Å²) in [6, 6.07) is 10.5. The molecule has 2 aromatic rings. The van der Waals surface area contributed by atoms with Crippen LogP contribution in [0, 0.1) is 0 Å². The fourth-order valence-corrected chi connectivity index (χ4v) is 2.13. The van der Waals surface area contributed by atoms with Crippen LogP contribution in [-0.2, 0) is 6.42 Å². The van der Waals surface area contributed by atoms with Crippen molar-refractivity contribution in [2.75, 3.05) is 0 Å². The maximum atomic E-state index is 4.43. The van der Waals surface area contributed by atoms with Gasteiger partial charge < -0.3 is 0 Å². The van der Waals surface area contributed by atoms with Crippen LogP contribution in [0.5, 0.6) is 0 Å². The van der Waals surface area contributed by atoms with Crippen molar-refractivity contribution in [2.45, 2.75) is 19.8 Å². The number of hydrogen-bond donors (Lipinski definition) is 0. The van der Waals surface area contributed by atoms with E-state index < -0.39 is 0 Å². The molecule has 0 aliphatic carbocycles. The van der Waals surface area contributed by atoms with Gasteiger partial charge in [0.05, 0.1) is 5.52 Å². The van der Waals surface area contributed by atoms with Gasteiger partial charge in [-0.15, -0.1) is 0 Å². The monoisotopic (exact) mass is 222 g/mol. The first-order valence-corrected chi connectivity index (χ1v) is 5.88. The molecule has 1 aromatic carbocycles. The van der Waals surface area contributed by atoms with Crippen LogP contribution in [0.1, 0.15) is 18.9 Å². The first-order valence-electron chi connectivity index (χ1n) is 5.88. The highest BCUT2D eigenvalue weighted by molar-refractivity contribution is 5.79. The lowest BCUT2D eigenvalue weighted by molar-refractivity contribution is 1.08. The lowest BCUT2D eigenvalue weighted by atomic mass is 10.0. The van der Waals surface area contributed by atoms with Crippen LogP contribution >= 0.6 is 0 Å². The molecule has 0 saturated carbocycles. The summed E-state index contributed by atoms with van der Waals surface area (Å²) in [7, 11) is 0. The van der Waals surface area contributed by atoms with Crippen LogP contribution in [0.3, 0.4) is 0 Å². The van der Waals surface area contributed by atoms with Gasteiger partial charge in [-0.2, -0.15) is 0 Å². The highest BCUT2D eigenvalue weighted by Gasteiger charge is 2.07. The Kier molecular flexibility index (Phi) is 2.48. The molecule has 2 heteroatoms. The number of rotatable bonds is 2. The van der Waals surface area contributed by atoms with Crippen LogP contribution in [0.2, 0.25) is 0 Å². The number of aromatic nitrogens is 1. The molecular weight excluding hydrogens is 208 g/mol. The predicted octanol–water partition coefficient (Wildman–Crippen LogP) is 3.53. The Balaban J connectivity index is 1.96. The molecule has 1 aliphatic heterocycles. The topological polar surface area (TPSA) is 25.2 Å². The third-order valence-corrected chi connectivity index (χ3v) is 3.18.